The molecule has 3 aromatic rings. The standard InChI is InChI=1S/C29H39FN6O/c1-5-33-16-18-34(19-17-33)28-27(23(4)32-36(28)26-12-7-6-8-13-26)21-35(15-14-22(2)3)29(37)31-25-11-9-10-24(30)20-25/h6-13,20,22H,5,14-19,21H2,1-4H3,(H,31,37). The maximum absolute atomic E-state index is 13.8. The van der Waals surface area contributed by atoms with E-state index in [0.717, 1.165) is 61.9 Å². The van der Waals surface area contributed by atoms with Crippen LogP contribution in [0.15, 0.2) is 54.6 Å². The third-order valence-electron chi connectivity index (χ3n) is 6.97. The number of hydrogen-bond donors (Lipinski definition) is 1. The van der Waals surface area contributed by atoms with E-state index >= 15 is 0 Å². The molecular weight excluding hydrogens is 467 g/mol. The fourth-order valence-electron chi connectivity index (χ4n) is 4.71. The minimum absolute atomic E-state index is 0.236. The number of amides is 2. The number of aryl methyl sites for hydroxylation is 1. The number of hydrogen-bond acceptors (Lipinski definition) is 4. The molecule has 0 aliphatic carbocycles. The van der Waals surface area contributed by atoms with Crippen molar-refractivity contribution in [3.63, 3.8) is 0 Å². The number of carbonyl (C=O) groups is 1. The fourth-order valence-corrected chi connectivity index (χ4v) is 4.71. The SMILES string of the molecule is CCN1CCN(c2c(CN(CCC(C)C)C(=O)Nc3cccc(F)c3)c(C)nn2-c2ccccc2)CC1. The van der Waals surface area contributed by atoms with E-state index in [1.54, 1.807) is 12.1 Å². The Morgan fingerprint density at radius 1 is 1.08 bits per heavy atom. The highest BCUT2D eigenvalue weighted by Gasteiger charge is 2.27. The number of anilines is 2. The maximum atomic E-state index is 13.8. The highest BCUT2D eigenvalue weighted by atomic mass is 19.1. The van der Waals surface area contributed by atoms with Crippen molar-refractivity contribution in [1.29, 1.82) is 0 Å². The quantitative estimate of drug-likeness (QED) is 0.414. The first-order chi connectivity index (χ1) is 17.9. The summed E-state index contributed by atoms with van der Waals surface area (Å²) in [6.45, 7) is 14.4. The van der Waals surface area contributed by atoms with Crippen molar-refractivity contribution >= 4 is 17.5 Å². The van der Waals surface area contributed by atoms with Gasteiger partial charge in [-0.05, 0) is 56.1 Å². The van der Waals surface area contributed by atoms with Crippen LogP contribution in [0.1, 0.15) is 38.4 Å². The van der Waals surface area contributed by atoms with Gasteiger partial charge in [0.1, 0.15) is 11.6 Å². The third kappa shape index (κ3) is 6.68. The molecule has 2 aromatic carbocycles. The molecule has 1 aliphatic heterocycles. The smallest absolute Gasteiger partial charge is 0.322 e. The summed E-state index contributed by atoms with van der Waals surface area (Å²) in [6.07, 6.45) is 0.868. The fraction of sp³-hybridized carbons (Fsp3) is 0.448. The first kappa shape index (κ1) is 26.7. The summed E-state index contributed by atoms with van der Waals surface area (Å²) in [5.41, 5.74) is 3.41. The zero-order chi connectivity index (χ0) is 26.4. The average Bonchev–Trinajstić information content (AvgIpc) is 3.22. The Morgan fingerprint density at radius 2 is 1.81 bits per heavy atom. The van der Waals surface area contributed by atoms with Crippen LogP contribution in [0.25, 0.3) is 5.69 Å². The molecule has 0 bridgehead atoms. The molecule has 7 nitrogen and oxygen atoms in total. The third-order valence-corrected chi connectivity index (χ3v) is 6.97. The largest absolute Gasteiger partial charge is 0.354 e. The van der Waals surface area contributed by atoms with Crippen LogP contribution in [0.2, 0.25) is 0 Å². The van der Waals surface area contributed by atoms with Gasteiger partial charge in [-0.2, -0.15) is 5.10 Å². The summed E-state index contributed by atoms with van der Waals surface area (Å²) in [5, 5.41) is 7.85. The molecule has 1 saturated heterocycles. The number of benzene rings is 2. The van der Waals surface area contributed by atoms with E-state index < -0.39 is 0 Å². The molecule has 4 rings (SSSR count). The number of urea groups is 1. The van der Waals surface area contributed by atoms with Gasteiger partial charge < -0.3 is 20.0 Å². The summed E-state index contributed by atoms with van der Waals surface area (Å²) in [6, 6.07) is 16.0. The molecule has 1 aliphatic rings. The predicted molar refractivity (Wildman–Crippen MR) is 148 cm³/mol. The number of nitrogens with one attached hydrogen (secondary N) is 1. The Bertz CT molecular complexity index is 1170. The first-order valence-electron chi connectivity index (χ1n) is 13.3. The second-order valence-electron chi connectivity index (χ2n) is 10.1. The van der Waals surface area contributed by atoms with Gasteiger partial charge in [0.2, 0.25) is 0 Å². The molecule has 198 valence electrons. The summed E-state index contributed by atoms with van der Waals surface area (Å²) >= 11 is 0. The summed E-state index contributed by atoms with van der Waals surface area (Å²) in [4.78, 5) is 20.1. The average molecular weight is 507 g/mol. The lowest BCUT2D eigenvalue weighted by Gasteiger charge is -2.36. The number of aromatic nitrogens is 2. The van der Waals surface area contributed by atoms with Gasteiger partial charge in [0.25, 0.3) is 0 Å². The molecule has 37 heavy (non-hydrogen) atoms. The maximum Gasteiger partial charge on any atom is 0.322 e. The number of rotatable bonds is 9. The van der Waals surface area contributed by atoms with Crippen molar-refractivity contribution in [2.75, 3.05) is 49.5 Å². The van der Waals surface area contributed by atoms with E-state index in [0.29, 0.717) is 24.7 Å². The normalized spacial score (nSPS) is 14.3. The number of para-hydroxylation sites is 1. The number of carbonyl (C=O) groups excluding carboxylic acids is 1. The van der Waals surface area contributed by atoms with Crippen LogP contribution < -0.4 is 10.2 Å². The van der Waals surface area contributed by atoms with Gasteiger partial charge in [0.05, 0.1) is 17.9 Å². The summed E-state index contributed by atoms with van der Waals surface area (Å²) < 4.78 is 15.8. The zero-order valence-electron chi connectivity index (χ0n) is 22.5. The summed E-state index contributed by atoms with van der Waals surface area (Å²) in [5.74, 6) is 1.12. The lowest BCUT2D eigenvalue weighted by atomic mass is 10.1. The highest BCUT2D eigenvalue weighted by Crippen LogP contribution is 2.30. The highest BCUT2D eigenvalue weighted by molar-refractivity contribution is 5.89. The molecule has 2 amide bonds. The van der Waals surface area contributed by atoms with E-state index in [-0.39, 0.29) is 11.8 Å². The lowest BCUT2D eigenvalue weighted by molar-refractivity contribution is 0.205. The molecule has 8 heteroatoms. The molecule has 1 N–H and O–H groups in total. The molecule has 0 unspecified atom stereocenters. The van der Waals surface area contributed by atoms with Crippen LogP contribution in [0, 0.1) is 18.7 Å². The van der Waals surface area contributed by atoms with Crippen molar-refractivity contribution < 1.29 is 9.18 Å². The van der Waals surface area contributed by atoms with E-state index in [1.165, 1.54) is 12.1 Å². The Balaban J connectivity index is 1.68. The van der Waals surface area contributed by atoms with E-state index in [4.69, 9.17) is 5.10 Å². The van der Waals surface area contributed by atoms with Gasteiger partial charge in [-0.25, -0.2) is 13.9 Å². The van der Waals surface area contributed by atoms with Crippen LogP contribution in [0.4, 0.5) is 20.7 Å². The Hall–Kier alpha value is -3.39. The molecule has 0 saturated carbocycles. The lowest BCUT2D eigenvalue weighted by Crippen LogP contribution is -2.47. The molecule has 1 aromatic heterocycles. The molecule has 2 heterocycles. The Morgan fingerprint density at radius 3 is 2.46 bits per heavy atom. The van der Waals surface area contributed by atoms with Crippen molar-refractivity contribution in [1.82, 2.24) is 19.6 Å². The number of likely N-dealkylation sites (N-methyl/N-ethyl adjacent to an activating group) is 1. The van der Waals surface area contributed by atoms with Crippen LogP contribution >= 0.6 is 0 Å². The molecule has 0 atom stereocenters. The Kier molecular flexibility index (Phi) is 8.82. The van der Waals surface area contributed by atoms with Crippen LogP contribution in [0.3, 0.4) is 0 Å². The Labute approximate surface area is 219 Å². The predicted octanol–water partition coefficient (Wildman–Crippen LogP) is 5.54. The molecule has 1 fully saturated rings. The van der Waals surface area contributed by atoms with Crippen molar-refractivity contribution in [2.45, 2.75) is 40.7 Å². The van der Waals surface area contributed by atoms with Gasteiger partial charge in [-0.3, -0.25) is 0 Å². The second-order valence-corrected chi connectivity index (χ2v) is 10.1. The zero-order valence-corrected chi connectivity index (χ0v) is 22.5. The van der Waals surface area contributed by atoms with Gasteiger partial charge in [-0.15, -0.1) is 0 Å². The topological polar surface area (TPSA) is 56.6 Å². The monoisotopic (exact) mass is 506 g/mol. The molecule has 0 spiro atoms. The summed E-state index contributed by atoms with van der Waals surface area (Å²) in [7, 11) is 0. The van der Waals surface area contributed by atoms with Gasteiger partial charge in [-0.1, -0.05) is 45.0 Å². The van der Waals surface area contributed by atoms with E-state index in [2.05, 4.69) is 48.0 Å². The second kappa shape index (κ2) is 12.2. The number of piperazine rings is 1. The van der Waals surface area contributed by atoms with Gasteiger partial charge in [0, 0.05) is 44.0 Å². The van der Waals surface area contributed by atoms with Gasteiger partial charge >= 0.3 is 6.03 Å². The van der Waals surface area contributed by atoms with Crippen molar-refractivity contribution in [2.24, 2.45) is 5.92 Å². The van der Waals surface area contributed by atoms with E-state index in [1.807, 2.05) is 34.7 Å². The van der Waals surface area contributed by atoms with Crippen molar-refractivity contribution in [3.8, 4) is 5.69 Å². The number of nitrogens with zero attached hydrogens (tertiary/aromatic N) is 5. The van der Waals surface area contributed by atoms with Crippen molar-refractivity contribution in [3.05, 3.63) is 71.7 Å². The van der Waals surface area contributed by atoms with Crippen LogP contribution in [0.5, 0.6) is 0 Å². The van der Waals surface area contributed by atoms with Crippen LogP contribution in [-0.2, 0) is 6.54 Å². The number of halogens is 1. The minimum atomic E-state index is -0.375. The van der Waals surface area contributed by atoms with Crippen LogP contribution in [-0.4, -0.2) is 64.9 Å². The van der Waals surface area contributed by atoms with E-state index in [9.17, 15) is 9.18 Å². The molecule has 0 radical (unpaired) electrons. The minimum Gasteiger partial charge on any atom is -0.354 e. The van der Waals surface area contributed by atoms with Gasteiger partial charge in [0.15, 0.2) is 0 Å². The molecular formula is C29H39FN6O. The first-order valence-corrected chi connectivity index (χ1v) is 13.3.